The minimum atomic E-state index is -1.54. The molecular weight excluding hydrogens is 396 g/mol. The zero-order valence-corrected chi connectivity index (χ0v) is 17.2. The quantitative estimate of drug-likeness (QED) is 0.280. The Balaban J connectivity index is 1.62. The minimum absolute atomic E-state index is 0.0102. The first-order chi connectivity index (χ1) is 14.1. The lowest BCUT2D eigenvalue weighted by Gasteiger charge is -2.42. The second-order valence-electron chi connectivity index (χ2n) is 9.35. The number of aliphatic hydroxyl groups is 5. The van der Waals surface area contributed by atoms with Crippen LogP contribution in [0.1, 0.15) is 26.7 Å². The van der Waals surface area contributed by atoms with Crippen molar-refractivity contribution < 1.29 is 44.5 Å². The summed E-state index contributed by atoms with van der Waals surface area (Å²) in [6.07, 6.45) is -7.50. The molecule has 2 saturated carbocycles. The summed E-state index contributed by atoms with van der Waals surface area (Å²) in [6, 6.07) is 0. The van der Waals surface area contributed by atoms with Crippen molar-refractivity contribution in [3.05, 3.63) is 12.2 Å². The predicted molar refractivity (Wildman–Crippen MR) is 102 cm³/mol. The fraction of sp³-hybridized carbons (Fsp3) is 0.857. The zero-order valence-electron chi connectivity index (χ0n) is 17.2. The van der Waals surface area contributed by atoms with Crippen LogP contribution >= 0.6 is 0 Å². The van der Waals surface area contributed by atoms with Gasteiger partial charge in [0.2, 0.25) is 0 Å². The molecule has 2 aliphatic carbocycles. The summed E-state index contributed by atoms with van der Waals surface area (Å²) >= 11 is 0. The smallest absolute Gasteiger partial charge is 0.309 e. The van der Waals surface area contributed by atoms with E-state index in [9.17, 15) is 30.3 Å². The molecule has 2 saturated heterocycles. The molecule has 0 aromatic heterocycles. The van der Waals surface area contributed by atoms with Gasteiger partial charge in [-0.1, -0.05) is 26.0 Å². The van der Waals surface area contributed by atoms with Gasteiger partial charge in [0.25, 0.3) is 0 Å². The lowest BCUT2D eigenvalue weighted by Crippen LogP contribution is -2.60. The van der Waals surface area contributed by atoms with Gasteiger partial charge in [-0.3, -0.25) is 4.79 Å². The minimum Gasteiger partial charge on any atom is -0.461 e. The normalized spacial score (nSPS) is 53.8. The standard InChI is InChI=1S/C21H32O9/c1-7-4-12(28-21-18(26)17(25)16(24)13(6-22)29-21)15-9(3)20(27)30-19(15)14-8(2)11(23)5-10(7)14/h8-19,21-26H,1,4-6H2,2-3H3/t8-,9+,10+,11+,12+,13-,14+,15-,16-,17+,18-,19-,21-/m1/s1. The number of carbonyl (C=O) groups excluding carboxylic acids is 1. The maximum Gasteiger partial charge on any atom is 0.309 e. The number of hydrogen-bond acceptors (Lipinski definition) is 9. The Morgan fingerprint density at radius 3 is 2.47 bits per heavy atom. The summed E-state index contributed by atoms with van der Waals surface area (Å²) in [4.78, 5) is 12.5. The second-order valence-corrected chi connectivity index (χ2v) is 9.35. The van der Waals surface area contributed by atoms with Gasteiger partial charge < -0.3 is 39.7 Å². The molecule has 0 unspecified atom stereocenters. The highest BCUT2D eigenvalue weighted by atomic mass is 16.7. The highest BCUT2D eigenvalue weighted by molar-refractivity contribution is 5.75. The lowest BCUT2D eigenvalue weighted by molar-refractivity contribution is -0.316. The highest BCUT2D eigenvalue weighted by Crippen LogP contribution is 2.53. The van der Waals surface area contributed by atoms with Gasteiger partial charge in [0.05, 0.1) is 24.7 Å². The maximum atomic E-state index is 12.5. The number of ether oxygens (including phenoxy) is 3. The molecule has 0 aromatic carbocycles. The van der Waals surface area contributed by atoms with Crippen LogP contribution in [0.5, 0.6) is 0 Å². The number of hydrogen-bond donors (Lipinski definition) is 5. The molecule has 0 amide bonds. The number of esters is 1. The van der Waals surface area contributed by atoms with Gasteiger partial charge in [-0.15, -0.1) is 0 Å². The third-order valence-electron chi connectivity index (χ3n) is 7.71. The molecule has 0 aromatic rings. The summed E-state index contributed by atoms with van der Waals surface area (Å²) < 4.78 is 17.4. The fourth-order valence-electron chi connectivity index (χ4n) is 5.89. The van der Waals surface area contributed by atoms with Crippen LogP contribution in [0.2, 0.25) is 0 Å². The Hall–Kier alpha value is -1.07. The first kappa shape index (κ1) is 22.1. The van der Waals surface area contributed by atoms with Crippen molar-refractivity contribution in [2.75, 3.05) is 6.61 Å². The molecule has 0 radical (unpaired) electrons. The first-order valence-electron chi connectivity index (χ1n) is 10.7. The van der Waals surface area contributed by atoms with Gasteiger partial charge in [-0.05, 0) is 24.7 Å². The van der Waals surface area contributed by atoms with Crippen molar-refractivity contribution >= 4 is 5.97 Å². The van der Waals surface area contributed by atoms with Gasteiger partial charge in [0, 0.05) is 11.8 Å². The summed E-state index contributed by atoms with van der Waals surface area (Å²) in [5, 5.41) is 50.3. The van der Waals surface area contributed by atoms with E-state index < -0.39 is 61.5 Å². The van der Waals surface area contributed by atoms with E-state index in [0.29, 0.717) is 12.8 Å². The zero-order chi connectivity index (χ0) is 21.9. The van der Waals surface area contributed by atoms with Crippen LogP contribution in [-0.4, -0.2) is 87.1 Å². The molecule has 9 heteroatoms. The Kier molecular flexibility index (Phi) is 6.00. The van der Waals surface area contributed by atoms with E-state index in [0.717, 1.165) is 5.57 Å². The van der Waals surface area contributed by atoms with Crippen LogP contribution in [0.3, 0.4) is 0 Å². The highest BCUT2D eigenvalue weighted by Gasteiger charge is 2.59. The van der Waals surface area contributed by atoms with Crippen LogP contribution in [0.25, 0.3) is 0 Å². The van der Waals surface area contributed by atoms with Crippen molar-refractivity contribution in [2.24, 2.45) is 29.6 Å². The van der Waals surface area contributed by atoms with Gasteiger partial charge in [0.1, 0.15) is 30.5 Å². The Morgan fingerprint density at radius 1 is 1.10 bits per heavy atom. The van der Waals surface area contributed by atoms with E-state index >= 15 is 0 Å². The average Bonchev–Trinajstić information content (AvgIpc) is 3.13. The SMILES string of the molecule is C=C1C[C@H](O[C@@H]2O[C@H](CO)[C@@H](O)[C@H](O)[C@H]2O)[C@@H]2[C@H](OC(=O)[C@H]2C)[C@H]2[C@H](C)[C@@H](O)C[C@@H]12. The van der Waals surface area contributed by atoms with Crippen LogP contribution in [-0.2, 0) is 19.0 Å². The predicted octanol–water partition coefficient (Wildman–Crippen LogP) is -1.06. The molecule has 4 fully saturated rings. The monoisotopic (exact) mass is 428 g/mol. The van der Waals surface area contributed by atoms with E-state index in [1.165, 1.54) is 0 Å². The third kappa shape index (κ3) is 3.40. The van der Waals surface area contributed by atoms with Crippen molar-refractivity contribution in [3.8, 4) is 0 Å². The van der Waals surface area contributed by atoms with Crippen LogP contribution in [0.15, 0.2) is 12.2 Å². The number of fused-ring (bicyclic) bond motifs is 3. The molecule has 0 spiro atoms. The molecule has 0 bridgehead atoms. The maximum absolute atomic E-state index is 12.5. The number of aliphatic hydroxyl groups excluding tert-OH is 5. The summed E-state index contributed by atoms with van der Waals surface area (Å²) in [7, 11) is 0. The van der Waals surface area contributed by atoms with Crippen LogP contribution in [0.4, 0.5) is 0 Å². The van der Waals surface area contributed by atoms with E-state index in [2.05, 4.69) is 6.58 Å². The molecule has 2 heterocycles. The van der Waals surface area contributed by atoms with Gasteiger partial charge in [0.15, 0.2) is 6.29 Å². The largest absolute Gasteiger partial charge is 0.461 e. The first-order valence-corrected chi connectivity index (χ1v) is 10.7. The van der Waals surface area contributed by atoms with Crippen molar-refractivity contribution in [3.63, 3.8) is 0 Å². The Bertz CT molecular complexity index is 681. The van der Waals surface area contributed by atoms with Crippen molar-refractivity contribution in [2.45, 2.75) is 75.7 Å². The summed E-state index contributed by atoms with van der Waals surface area (Å²) in [5.74, 6) is -1.28. The van der Waals surface area contributed by atoms with Gasteiger partial charge >= 0.3 is 5.97 Å². The number of carbonyl (C=O) groups is 1. The number of rotatable bonds is 3. The summed E-state index contributed by atoms with van der Waals surface area (Å²) in [6.45, 7) is 7.39. The van der Waals surface area contributed by atoms with Crippen molar-refractivity contribution in [1.82, 2.24) is 0 Å². The molecule has 4 aliphatic rings. The van der Waals surface area contributed by atoms with E-state index in [-0.39, 0.29) is 29.6 Å². The topological polar surface area (TPSA) is 146 Å². The molecule has 30 heavy (non-hydrogen) atoms. The van der Waals surface area contributed by atoms with E-state index in [1.54, 1.807) is 6.92 Å². The molecule has 2 aliphatic heterocycles. The second kappa shape index (κ2) is 8.12. The third-order valence-corrected chi connectivity index (χ3v) is 7.71. The Morgan fingerprint density at radius 2 is 1.80 bits per heavy atom. The molecule has 13 atom stereocenters. The molecule has 4 rings (SSSR count). The van der Waals surface area contributed by atoms with Gasteiger partial charge in [-0.2, -0.15) is 0 Å². The van der Waals surface area contributed by atoms with E-state index in [4.69, 9.17) is 14.2 Å². The lowest BCUT2D eigenvalue weighted by atomic mass is 9.77. The van der Waals surface area contributed by atoms with Crippen LogP contribution in [0, 0.1) is 29.6 Å². The molecule has 170 valence electrons. The van der Waals surface area contributed by atoms with Gasteiger partial charge in [-0.25, -0.2) is 0 Å². The van der Waals surface area contributed by atoms with Crippen LogP contribution < -0.4 is 0 Å². The Labute approximate surface area is 175 Å². The molecule has 5 N–H and O–H groups in total. The van der Waals surface area contributed by atoms with E-state index in [1.807, 2.05) is 6.92 Å². The fourth-order valence-corrected chi connectivity index (χ4v) is 5.89. The van der Waals surface area contributed by atoms with Crippen molar-refractivity contribution in [1.29, 1.82) is 0 Å². The average molecular weight is 428 g/mol. The molecule has 9 nitrogen and oxygen atoms in total. The summed E-state index contributed by atoms with van der Waals surface area (Å²) in [5.41, 5.74) is 0.885. The molecular formula is C21H32O9.